The standard InChI is InChI=1S/C22H38N2O3/c1-2-3-4-5-6-7-8-9-10-11-12-15-22(26)24(17-16-21(23)25)19-20-14-13-18-27-20/h13-14,18H,2-12,15-17,19H2,1H3,(H2,23,25). The van der Waals surface area contributed by atoms with E-state index < -0.39 is 0 Å². The van der Waals surface area contributed by atoms with E-state index in [9.17, 15) is 9.59 Å². The highest BCUT2D eigenvalue weighted by atomic mass is 16.3. The summed E-state index contributed by atoms with van der Waals surface area (Å²) in [6, 6.07) is 3.64. The monoisotopic (exact) mass is 378 g/mol. The number of hydrogen-bond donors (Lipinski definition) is 1. The number of unbranched alkanes of at least 4 members (excludes halogenated alkanes) is 10. The van der Waals surface area contributed by atoms with E-state index in [0.717, 1.165) is 18.6 Å². The van der Waals surface area contributed by atoms with Crippen molar-refractivity contribution in [3.05, 3.63) is 24.2 Å². The number of carbonyl (C=O) groups excluding carboxylic acids is 2. The van der Waals surface area contributed by atoms with Gasteiger partial charge < -0.3 is 15.1 Å². The summed E-state index contributed by atoms with van der Waals surface area (Å²) < 4.78 is 5.32. The fourth-order valence-corrected chi connectivity index (χ4v) is 3.23. The van der Waals surface area contributed by atoms with Crippen LogP contribution in [0.2, 0.25) is 0 Å². The average molecular weight is 379 g/mol. The molecular formula is C22H38N2O3. The molecule has 2 N–H and O–H groups in total. The van der Waals surface area contributed by atoms with Gasteiger partial charge >= 0.3 is 0 Å². The Hall–Kier alpha value is -1.78. The van der Waals surface area contributed by atoms with Crippen molar-refractivity contribution in [3.8, 4) is 0 Å². The lowest BCUT2D eigenvalue weighted by Crippen LogP contribution is -2.33. The van der Waals surface area contributed by atoms with E-state index in [1.165, 1.54) is 57.8 Å². The summed E-state index contributed by atoms with van der Waals surface area (Å²) in [6.07, 6.45) is 16.2. The molecule has 1 aromatic heterocycles. The molecule has 1 rings (SSSR count). The van der Waals surface area contributed by atoms with Crippen LogP contribution in [0.3, 0.4) is 0 Å². The third kappa shape index (κ3) is 12.3. The molecule has 0 saturated heterocycles. The van der Waals surface area contributed by atoms with Gasteiger partial charge in [0, 0.05) is 19.4 Å². The van der Waals surface area contributed by atoms with Crippen molar-refractivity contribution in [3.63, 3.8) is 0 Å². The third-order valence-corrected chi connectivity index (χ3v) is 4.90. The van der Waals surface area contributed by atoms with E-state index in [1.807, 2.05) is 6.07 Å². The minimum Gasteiger partial charge on any atom is -0.467 e. The summed E-state index contributed by atoms with van der Waals surface area (Å²) in [5, 5.41) is 0. The number of furan rings is 1. The van der Waals surface area contributed by atoms with Crippen LogP contribution >= 0.6 is 0 Å². The fraction of sp³-hybridized carbons (Fsp3) is 0.727. The zero-order valence-corrected chi connectivity index (χ0v) is 17.1. The van der Waals surface area contributed by atoms with Gasteiger partial charge in [0.25, 0.3) is 0 Å². The molecule has 5 nitrogen and oxygen atoms in total. The molecule has 0 aliphatic rings. The Morgan fingerprint density at radius 2 is 1.52 bits per heavy atom. The van der Waals surface area contributed by atoms with E-state index in [4.69, 9.17) is 10.2 Å². The van der Waals surface area contributed by atoms with E-state index in [0.29, 0.717) is 19.5 Å². The van der Waals surface area contributed by atoms with Gasteiger partial charge in [-0.25, -0.2) is 0 Å². The molecule has 27 heavy (non-hydrogen) atoms. The van der Waals surface area contributed by atoms with Gasteiger partial charge in [-0.3, -0.25) is 9.59 Å². The van der Waals surface area contributed by atoms with Gasteiger partial charge in [0.05, 0.1) is 12.8 Å². The first-order chi connectivity index (χ1) is 13.1. The molecular weight excluding hydrogens is 340 g/mol. The number of amides is 2. The Bertz CT molecular complexity index is 500. The SMILES string of the molecule is CCCCCCCCCCCCCC(=O)N(CCC(N)=O)Cc1ccco1. The summed E-state index contributed by atoms with van der Waals surface area (Å²) in [7, 11) is 0. The summed E-state index contributed by atoms with van der Waals surface area (Å²) in [4.78, 5) is 25.2. The van der Waals surface area contributed by atoms with Gasteiger partial charge in [-0.1, -0.05) is 71.1 Å². The second-order valence-corrected chi connectivity index (χ2v) is 7.40. The van der Waals surface area contributed by atoms with Crippen LogP contribution in [0.4, 0.5) is 0 Å². The maximum atomic E-state index is 12.5. The van der Waals surface area contributed by atoms with Crippen LogP contribution in [-0.2, 0) is 16.1 Å². The van der Waals surface area contributed by atoms with Crippen LogP contribution in [0, 0.1) is 0 Å². The van der Waals surface area contributed by atoms with Crippen LogP contribution in [0.25, 0.3) is 0 Å². The Morgan fingerprint density at radius 1 is 0.926 bits per heavy atom. The Labute approximate surface area is 164 Å². The topological polar surface area (TPSA) is 76.5 Å². The molecule has 0 aliphatic heterocycles. The number of hydrogen-bond acceptors (Lipinski definition) is 3. The molecule has 0 saturated carbocycles. The smallest absolute Gasteiger partial charge is 0.222 e. The maximum Gasteiger partial charge on any atom is 0.222 e. The maximum absolute atomic E-state index is 12.5. The zero-order chi connectivity index (χ0) is 19.7. The van der Waals surface area contributed by atoms with Crippen molar-refractivity contribution < 1.29 is 14.0 Å². The highest BCUT2D eigenvalue weighted by Crippen LogP contribution is 2.13. The lowest BCUT2D eigenvalue weighted by molar-refractivity contribution is -0.132. The lowest BCUT2D eigenvalue weighted by Gasteiger charge is -2.21. The number of nitrogens with two attached hydrogens (primary N) is 1. The molecule has 0 aromatic carbocycles. The lowest BCUT2D eigenvalue weighted by atomic mass is 10.1. The van der Waals surface area contributed by atoms with Crippen molar-refractivity contribution >= 4 is 11.8 Å². The van der Waals surface area contributed by atoms with E-state index in [2.05, 4.69) is 6.92 Å². The number of primary amides is 1. The summed E-state index contributed by atoms with van der Waals surface area (Å²) in [6.45, 7) is 3.00. The molecule has 0 unspecified atom stereocenters. The predicted molar refractivity (Wildman–Crippen MR) is 109 cm³/mol. The third-order valence-electron chi connectivity index (χ3n) is 4.90. The second-order valence-electron chi connectivity index (χ2n) is 7.40. The predicted octanol–water partition coefficient (Wildman–Crippen LogP) is 5.18. The normalized spacial score (nSPS) is 10.9. The van der Waals surface area contributed by atoms with Crippen molar-refractivity contribution in [1.29, 1.82) is 0 Å². The van der Waals surface area contributed by atoms with Gasteiger partial charge in [0.1, 0.15) is 5.76 Å². The van der Waals surface area contributed by atoms with Crippen molar-refractivity contribution in [2.75, 3.05) is 6.54 Å². The van der Waals surface area contributed by atoms with Gasteiger partial charge in [0.2, 0.25) is 11.8 Å². The second kappa shape index (κ2) is 15.3. The molecule has 5 heteroatoms. The molecule has 1 heterocycles. The highest BCUT2D eigenvalue weighted by Gasteiger charge is 2.15. The minimum absolute atomic E-state index is 0.0728. The molecule has 0 spiro atoms. The number of carbonyl (C=O) groups is 2. The Morgan fingerprint density at radius 3 is 2.04 bits per heavy atom. The van der Waals surface area contributed by atoms with E-state index in [-0.39, 0.29) is 18.2 Å². The molecule has 0 fully saturated rings. The first kappa shape index (κ1) is 23.3. The largest absolute Gasteiger partial charge is 0.467 e. The fourth-order valence-electron chi connectivity index (χ4n) is 3.23. The summed E-state index contributed by atoms with van der Waals surface area (Å²) >= 11 is 0. The molecule has 0 radical (unpaired) electrons. The average Bonchev–Trinajstić information content (AvgIpc) is 3.16. The zero-order valence-electron chi connectivity index (χ0n) is 17.1. The van der Waals surface area contributed by atoms with Crippen molar-refractivity contribution in [1.82, 2.24) is 4.90 Å². The van der Waals surface area contributed by atoms with E-state index >= 15 is 0 Å². The highest BCUT2D eigenvalue weighted by molar-refractivity contribution is 5.78. The first-order valence-electron chi connectivity index (χ1n) is 10.7. The molecule has 0 aliphatic carbocycles. The number of rotatable bonds is 17. The van der Waals surface area contributed by atoms with Crippen LogP contribution in [0.15, 0.2) is 22.8 Å². The van der Waals surface area contributed by atoms with Crippen LogP contribution < -0.4 is 5.73 Å². The van der Waals surface area contributed by atoms with Crippen LogP contribution in [-0.4, -0.2) is 23.3 Å². The summed E-state index contributed by atoms with van der Waals surface area (Å²) in [5.41, 5.74) is 5.23. The van der Waals surface area contributed by atoms with Crippen LogP contribution in [0.5, 0.6) is 0 Å². The van der Waals surface area contributed by atoms with Crippen molar-refractivity contribution in [2.24, 2.45) is 5.73 Å². The van der Waals surface area contributed by atoms with Crippen LogP contribution in [0.1, 0.15) is 96.2 Å². The van der Waals surface area contributed by atoms with E-state index in [1.54, 1.807) is 17.2 Å². The van der Waals surface area contributed by atoms with Gasteiger partial charge in [0.15, 0.2) is 0 Å². The number of nitrogens with zero attached hydrogens (tertiary/aromatic N) is 1. The molecule has 0 atom stereocenters. The van der Waals surface area contributed by atoms with Gasteiger partial charge in [-0.15, -0.1) is 0 Å². The quantitative estimate of drug-likeness (QED) is 0.379. The molecule has 2 amide bonds. The van der Waals surface area contributed by atoms with Gasteiger partial charge in [-0.05, 0) is 18.6 Å². The first-order valence-corrected chi connectivity index (χ1v) is 10.7. The Kier molecular flexibility index (Phi) is 13.2. The van der Waals surface area contributed by atoms with Crippen molar-refractivity contribution in [2.45, 2.75) is 96.9 Å². The Balaban J connectivity index is 2.13. The minimum atomic E-state index is -0.387. The van der Waals surface area contributed by atoms with Gasteiger partial charge in [-0.2, -0.15) is 0 Å². The molecule has 154 valence electrons. The summed E-state index contributed by atoms with van der Waals surface area (Å²) in [5.74, 6) is 0.414. The molecule has 1 aromatic rings. The molecule has 0 bridgehead atoms.